The van der Waals surface area contributed by atoms with Gasteiger partial charge in [-0.3, -0.25) is 29.4 Å². The molecule has 122 valence electrons. The average molecular weight is 320 g/mol. The van der Waals surface area contributed by atoms with Crippen molar-refractivity contribution < 1.29 is 19.2 Å². The van der Waals surface area contributed by atoms with E-state index in [9.17, 15) is 19.2 Å². The molecule has 2 N–H and O–H groups in total. The molecule has 0 bridgehead atoms. The fourth-order valence-electron chi connectivity index (χ4n) is 2.41. The van der Waals surface area contributed by atoms with Gasteiger partial charge in [0, 0.05) is 30.5 Å². The largest absolute Gasteiger partial charge is 0.380 e. The topological polar surface area (TPSA) is 144 Å². The summed E-state index contributed by atoms with van der Waals surface area (Å²) >= 11 is 0. The van der Waals surface area contributed by atoms with E-state index in [0.29, 0.717) is 25.9 Å². The summed E-state index contributed by atoms with van der Waals surface area (Å²) in [6.45, 7) is 0.807. The first-order chi connectivity index (χ1) is 11.0. The highest BCUT2D eigenvalue weighted by Gasteiger charge is 2.42. The van der Waals surface area contributed by atoms with Crippen LogP contribution in [0.25, 0.3) is 10.4 Å². The highest BCUT2D eigenvalue weighted by molar-refractivity contribution is 6.18. The molecule has 1 atom stereocenters. The van der Waals surface area contributed by atoms with Crippen LogP contribution in [0.5, 0.6) is 0 Å². The smallest absolute Gasteiger partial charge is 0.277 e. The van der Waals surface area contributed by atoms with Gasteiger partial charge in [0.15, 0.2) is 0 Å². The first kappa shape index (κ1) is 16.5. The van der Waals surface area contributed by atoms with E-state index in [0.717, 1.165) is 11.0 Å². The lowest BCUT2D eigenvalue weighted by molar-refractivity contribution is -0.149. The lowest BCUT2D eigenvalue weighted by atomic mass is 10.0. The summed E-state index contributed by atoms with van der Waals surface area (Å²) in [4.78, 5) is 50.7. The van der Waals surface area contributed by atoms with E-state index in [1.165, 1.54) is 0 Å². The summed E-state index contributed by atoms with van der Waals surface area (Å²) in [6, 6.07) is -0.951. The molecule has 2 aliphatic rings. The maximum atomic E-state index is 12.3. The van der Waals surface area contributed by atoms with Crippen LogP contribution in [0, 0.1) is 0 Å². The number of piperidine rings is 1. The van der Waals surface area contributed by atoms with Crippen LogP contribution in [0.2, 0.25) is 0 Å². The first-order valence-corrected chi connectivity index (χ1v) is 7.22. The Labute approximate surface area is 131 Å². The predicted molar refractivity (Wildman–Crippen MR) is 77.4 cm³/mol. The van der Waals surface area contributed by atoms with Crippen molar-refractivity contribution >= 4 is 23.6 Å². The number of nitrogens with zero attached hydrogens (tertiary/aromatic N) is 4. The molecule has 0 saturated carbocycles. The molecule has 10 nitrogen and oxygen atoms in total. The molecule has 2 heterocycles. The minimum absolute atomic E-state index is 0.0929. The van der Waals surface area contributed by atoms with Gasteiger partial charge in [-0.05, 0) is 24.8 Å². The number of carbonyl (C=O) groups excluding carboxylic acids is 4. The van der Waals surface area contributed by atoms with Gasteiger partial charge in [0.05, 0.1) is 0 Å². The van der Waals surface area contributed by atoms with Crippen molar-refractivity contribution in [1.82, 2.24) is 15.5 Å². The maximum absolute atomic E-state index is 12.3. The Morgan fingerprint density at radius 2 is 2.13 bits per heavy atom. The van der Waals surface area contributed by atoms with Gasteiger partial charge in [-0.1, -0.05) is 5.11 Å². The van der Waals surface area contributed by atoms with Gasteiger partial charge in [-0.25, -0.2) is 0 Å². The quantitative estimate of drug-likeness (QED) is 0.218. The average Bonchev–Trinajstić information content (AvgIpc) is 2.78. The zero-order valence-electron chi connectivity index (χ0n) is 12.3. The minimum atomic E-state index is -0.951. The van der Waals surface area contributed by atoms with Crippen molar-refractivity contribution in [2.75, 3.05) is 13.1 Å². The molecule has 0 aliphatic carbocycles. The number of rotatable bonds is 7. The van der Waals surface area contributed by atoms with Crippen LogP contribution in [0.3, 0.4) is 0 Å². The monoisotopic (exact) mass is 320 g/mol. The molecule has 1 saturated heterocycles. The van der Waals surface area contributed by atoms with Crippen molar-refractivity contribution in [3.63, 3.8) is 0 Å². The SMILES string of the molecule is [N-]=[N+]=NCCCCNC1=CC(=O)N(C2CCC(=O)NC2=O)C1=O. The molecule has 0 aromatic rings. The third kappa shape index (κ3) is 3.86. The summed E-state index contributed by atoms with van der Waals surface area (Å²) in [5.41, 5.74) is 8.27. The Balaban J connectivity index is 1.88. The van der Waals surface area contributed by atoms with Crippen LogP contribution in [0.1, 0.15) is 25.7 Å². The molecule has 1 unspecified atom stereocenters. The van der Waals surface area contributed by atoms with E-state index in [1.807, 2.05) is 0 Å². The number of amides is 4. The Kier molecular flexibility index (Phi) is 5.32. The molecule has 0 aromatic carbocycles. The van der Waals surface area contributed by atoms with E-state index in [-0.39, 0.29) is 18.5 Å². The number of unbranched alkanes of at least 4 members (excludes halogenated alkanes) is 1. The van der Waals surface area contributed by atoms with Gasteiger partial charge in [0.1, 0.15) is 11.7 Å². The number of hydrogen-bond acceptors (Lipinski definition) is 6. The molecular weight excluding hydrogens is 304 g/mol. The second-order valence-electron chi connectivity index (χ2n) is 5.13. The van der Waals surface area contributed by atoms with Crippen LogP contribution < -0.4 is 10.6 Å². The van der Waals surface area contributed by atoms with Crippen LogP contribution >= 0.6 is 0 Å². The van der Waals surface area contributed by atoms with Gasteiger partial charge in [-0.15, -0.1) is 0 Å². The molecule has 2 rings (SSSR count). The van der Waals surface area contributed by atoms with Gasteiger partial charge in [0.25, 0.3) is 11.8 Å². The number of nitrogens with one attached hydrogen (secondary N) is 2. The fourth-order valence-corrected chi connectivity index (χ4v) is 2.41. The van der Waals surface area contributed by atoms with E-state index in [4.69, 9.17) is 5.53 Å². The third-order valence-electron chi connectivity index (χ3n) is 3.54. The second-order valence-corrected chi connectivity index (χ2v) is 5.13. The number of hydrogen-bond donors (Lipinski definition) is 2. The van der Waals surface area contributed by atoms with Crippen LogP contribution in [-0.4, -0.2) is 47.7 Å². The van der Waals surface area contributed by atoms with E-state index < -0.39 is 29.7 Å². The Morgan fingerprint density at radius 3 is 2.83 bits per heavy atom. The van der Waals surface area contributed by atoms with E-state index >= 15 is 0 Å². The molecule has 1 fully saturated rings. The van der Waals surface area contributed by atoms with Crippen molar-refractivity contribution in [3.8, 4) is 0 Å². The maximum Gasteiger partial charge on any atom is 0.277 e. The lowest BCUT2D eigenvalue weighted by Gasteiger charge is -2.28. The second kappa shape index (κ2) is 7.41. The zero-order chi connectivity index (χ0) is 16.8. The van der Waals surface area contributed by atoms with Crippen LogP contribution in [0.15, 0.2) is 16.9 Å². The van der Waals surface area contributed by atoms with Crippen LogP contribution in [-0.2, 0) is 19.2 Å². The first-order valence-electron chi connectivity index (χ1n) is 7.22. The Morgan fingerprint density at radius 1 is 1.35 bits per heavy atom. The van der Waals surface area contributed by atoms with Crippen molar-refractivity contribution in [1.29, 1.82) is 0 Å². The molecule has 0 aromatic heterocycles. The highest BCUT2D eigenvalue weighted by Crippen LogP contribution is 2.19. The summed E-state index contributed by atoms with van der Waals surface area (Å²) in [5, 5.41) is 8.37. The number of azide groups is 1. The standard InChI is InChI=1S/C13H16N6O4/c14-18-16-6-2-1-5-15-8-7-11(21)19(13(8)23)9-3-4-10(20)17-12(9)22/h7,9,15H,1-6H2,(H,17,20,22). The molecule has 2 aliphatic heterocycles. The number of imide groups is 2. The Bertz CT molecular complexity index is 622. The summed E-state index contributed by atoms with van der Waals surface area (Å²) in [7, 11) is 0. The molecule has 0 spiro atoms. The molecule has 10 heteroatoms. The van der Waals surface area contributed by atoms with Crippen LogP contribution in [0.4, 0.5) is 0 Å². The lowest BCUT2D eigenvalue weighted by Crippen LogP contribution is -2.54. The van der Waals surface area contributed by atoms with Crippen molar-refractivity contribution in [2.24, 2.45) is 5.11 Å². The summed E-state index contributed by atoms with van der Waals surface area (Å²) in [6.07, 6.45) is 2.70. The highest BCUT2D eigenvalue weighted by atomic mass is 16.2. The summed E-state index contributed by atoms with van der Waals surface area (Å²) < 4.78 is 0. The fraction of sp³-hybridized carbons (Fsp3) is 0.538. The van der Waals surface area contributed by atoms with Gasteiger partial charge >= 0.3 is 0 Å². The molecule has 0 radical (unpaired) electrons. The van der Waals surface area contributed by atoms with Gasteiger partial charge in [0.2, 0.25) is 11.8 Å². The van der Waals surface area contributed by atoms with Gasteiger partial charge < -0.3 is 5.32 Å². The summed E-state index contributed by atoms with van der Waals surface area (Å²) in [5.74, 6) is -2.18. The third-order valence-corrected chi connectivity index (χ3v) is 3.54. The molecular formula is C13H16N6O4. The minimum Gasteiger partial charge on any atom is -0.380 e. The molecule has 4 amide bonds. The Hall–Kier alpha value is -2.87. The predicted octanol–water partition coefficient (Wildman–Crippen LogP) is -0.276. The van der Waals surface area contributed by atoms with E-state index in [2.05, 4.69) is 20.7 Å². The normalized spacial score (nSPS) is 21.0. The van der Waals surface area contributed by atoms with Crippen molar-refractivity contribution in [3.05, 3.63) is 22.2 Å². The zero-order valence-corrected chi connectivity index (χ0v) is 12.3. The van der Waals surface area contributed by atoms with Crippen molar-refractivity contribution in [2.45, 2.75) is 31.7 Å². The van der Waals surface area contributed by atoms with Gasteiger partial charge in [-0.2, -0.15) is 0 Å². The number of carbonyl (C=O) groups is 4. The van der Waals surface area contributed by atoms with E-state index in [1.54, 1.807) is 0 Å². The molecule has 23 heavy (non-hydrogen) atoms.